The van der Waals surface area contributed by atoms with E-state index in [0.29, 0.717) is 16.7 Å². The van der Waals surface area contributed by atoms with Crippen molar-refractivity contribution in [1.82, 2.24) is 4.31 Å². The van der Waals surface area contributed by atoms with Gasteiger partial charge in [0, 0.05) is 24.3 Å². The summed E-state index contributed by atoms with van der Waals surface area (Å²) in [7, 11) is -4.08. The van der Waals surface area contributed by atoms with Crippen molar-refractivity contribution >= 4 is 44.9 Å². The van der Waals surface area contributed by atoms with Crippen LogP contribution in [0.25, 0.3) is 11.1 Å². The molecule has 8 nitrogen and oxygen atoms in total. The molecule has 0 aliphatic carbocycles. The number of nitrogens with two attached hydrogens (primary N) is 1. The molecule has 0 heterocycles. The Hall–Kier alpha value is -2.89. The lowest BCUT2D eigenvalue weighted by Gasteiger charge is -2.22. The molecular formula is C23H21Cl2FN2O6S. The van der Waals surface area contributed by atoms with Crippen LogP contribution in [0.2, 0.25) is 10.0 Å². The first kappa shape index (κ1) is 26.7. The summed E-state index contributed by atoms with van der Waals surface area (Å²) < 4.78 is 46.9. The molecule has 3 aromatic rings. The van der Waals surface area contributed by atoms with Crippen LogP contribution in [0.5, 0.6) is 5.75 Å². The van der Waals surface area contributed by atoms with Crippen LogP contribution in [0.1, 0.15) is 5.56 Å². The number of carbonyl (C=O) groups is 1. The van der Waals surface area contributed by atoms with Crippen molar-refractivity contribution in [2.24, 2.45) is 0 Å². The zero-order valence-corrected chi connectivity index (χ0v) is 20.4. The Labute approximate surface area is 211 Å². The Bertz CT molecular complexity index is 1330. The van der Waals surface area contributed by atoms with Crippen LogP contribution in [0, 0.1) is 5.82 Å². The summed E-state index contributed by atoms with van der Waals surface area (Å²) in [5.74, 6) is -1.68. The van der Waals surface area contributed by atoms with Gasteiger partial charge in [0.1, 0.15) is 11.6 Å². The molecule has 35 heavy (non-hydrogen) atoms. The van der Waals surface area contributed by atoms with Crippen LogP contribution in [0.15, 0.2) is 59.5 Å². The highest BCUT2D eigenvalue weighted by Gasteiger charge is 2.25. The van der Waals surface area contributed by atoms with Gasteiger partial charge in [-0.3, -0.25) is 0 Å². The fourth-order valence-electron chi connectivity index (χ4n) is 3.32. The lowest BCUT2D eigenvalue weighted by Crippen LogP contribution is -2.33. The quantitative estimate of drug-likeness (QED) is 0.329. The van der Waals surface area contributed by atoms with E-state index >= 15 is 0 Å². The molecule has 0 saturated carbocycles. The second-order valence-corrected chi connectivity index (χ2v) is 10.2. The second-order valence-electron chi connectivity index (χ2n) is 7.42. The molecule has 0 fully saturated rings. The smallest absolute Gasteiger partial charge is 0.341 e. The Kier molecular flexibility index (Phi) is 8.57. The zero-order valence-electron chi connectivity index (χ0n) is 18.1. The summed E-state index contributed by atoms with van der Waals surface area (Å²) in [6.07, 6.45) is 0. The van der Waals surface area contributed by atoms with Crippen molar-refractivity contribution in [1.29, 1.82) is 0 Å². The Morgan fingerprint density at radius 3 is 2.43 bits per heavy atom. The number of carboxylic acid groups (broad SMARTS) is 1. The number of hydrogen-bond acceptors (Lipinski definition) is 6. The van der Waals surface area contributed by atoms with Gasteiger partial charge in [-0.25, -0.2) is 17.6 Å². The number of aliphatic carboxylic acids is 1. The molecule has 0 spiro atoms. The van der Waals surface area contributed by atoms with Gasteiger partial charge < -0.3 is 20.7 Å². The largest absolute Gasteiger partial charge is 0.481 e. The molecule has 0 unspecified atom stereocenters. The minimum absolute atomic E-state index is 0.0580. The van der Waals surface area contributed by atoms with E-state index in [0.717, 1.165) is 10.4 Å². The van der Waals surface area contributed by atoms with E-state index in [1.54, 1.807) is 6.07 Å². The first-order valence-corrected chi connectivity index (χ1v) is 12.3. The molecule has 0 saturated heterocycles. The van der Waals surface area contributed by atoms with Gasteiger partial charge in [-0.2, -0.15) is 4.31 Å². The number of ether oxygens (including phenoxy) is 1. The number of rotatable bonds is 10. The van der Waals surface area contributed by atoms with E-state index in [9.17, 15) is 22.7 Å². The van der Waals surface area contributed by atoms with Crippen LogP contribution in [0.3, 0.4) is 0 Å². The first-order valence-electron chi connectivity index (χ1n) is 10.1. The summed E-state index contributed by atoms with van der Waals surface area (Å²) in [6, 6.07) is 12.2. The van der Waals surface area contributed by atoms with Crippen molar-refractivity contribution in [3.05, 3.63) is 76.0 Å². The third kappa shape index (κ3) is 6.62. The van der Waals surface area contributed by atoms with Gasteiger partial charge in [0.05, 0.1) is 21.5 Å². The number of nitrogen functional groups attached to an aromatic ring is 1. The molecule has 0 aromatic heterocycles. The summed E-state index contributed by atoms with van der Waals surface area (Å²) in [5, 5.41) is 18.7. The number of hydrogen-bond donors (Lipinski definition) is 3. The minimum atomic E-state index is -4.08. The second kappa shape index (κ2) is 11.2. The first-order chi connectivity index (χ1) is 16.5. The van der Waals surface area contributed by atoms with Crippen LogP contribution in [0.4, 0.5) is 10.1 Å². The number of halogens is 3. The third-order valence-electron chi connectivity index (χ3n) is 4.86. The van der Waals surface area contributed by atoms with E-state index in [4.69, 9.17) is 38.8 Å². The highest BCUT2D eigenvalue weighted by molar-refractivity contribution is 7.89. The van der Waals surface area contributed by atoms with Crippen LogP contribution in [-0.2, 0) is 21.4 Å². The monoisotopic (exact) mass is 542 g/mol. The van der Waals surface area contributed by atoms with Crippen molar-refractivity contribution in [2.75, 3.05) is 25.5 Å². The number of anilines is 1. The topological polar surface area (TPSA) is 130 Å². The number of benzene rings is 3. The number of aliphatic hydroxyl groups excluding tert-OH is 1. The third-order valence-corrected chi connectivity index (χ3v) is 7.44. The molecule has 0 atom stereocenters. The predicted octanol–water partition coefficient (Wildman–Crippen LogP) is 4.03. The van der Waals surface area contributed by atoms with E-state index in [1.165, 1.54) is 42.5 Å². The lowest BCUT2D eigenvalue weighted by molar-refractivity contribution is -0.139. The molecule has 0 aliphatic rings. The van der Waals surface area contributed by atoms with E-state index in [2.05, 4.69) is 0 Å². The van der Waals surface area contributed by atoms with Crippen molar-refractivity contribution in [3.63, 3.8) is 0 Å². The molecule has 4 N–H and O–H groups in total. The van der Waals surface area contributed by atoms with Crippen molar-refractivity contribution in [2.45, 2.75) is 11.4 Å². The van der Waals surface area contributed by atoms with Gasteiger partial charge in [-0.1, -0.05) is 29.3 Å². The molecule has 0 radical (unpaired) electrons. The maximum Gasteiger partial charge on any atom is 0.341 e. The number of aliphatic hydroxyl groups is 1. The van der Waals surface area contributed by atoms with Gasteiger partial charge in [0.15, 0.2) is 6.61 Å². The molecule has 0 amide bonds. The summed E-state index contributed by atoms with van der Waals surface area (Å²) in [4.78, 5) is 10.9. The summed E-state index contributed by atoms with van der Waals surface area (Å²) >= 11 is 11.9. The highest BCUT2D eigenvalue weighted by atomic mass is 35.5. The SMILES string of the molecule is Nc1cc(F)cc(-c2cc(CN(CCO)S(=O)(=O)c3ccc(Cl)c(Cl)c3)ccc2OCC(=O)O)c1. The van der Waals surface area contributed by atoms with Gasteiger partial charge in [0.2, 0.25) is 10.0 Å². The van der Waals surface area contributed by atoms with Crippen LogP contribution in [-0.4, -0.2) is 48.7 Å². The molecule has 0 bridgehead atoms. The Balaban J connectivity index is 2.03. The van der Waals surface area contributed by atoms with Gasteiger partial charge in [0.25, 0.3) is 0 Å². The van der Waals surface area contributed by atoms with E-state index in [-0.39, 0.29) is 39.5 Å². The van der Waals surface area contributed by atoms with E-state index < -0.39 is 35.0 Å². The summed E-state index contributed by atoms with van der Waals surface area (Å²) in [6.45, 7) is -1.48. The maximum atomic E-state index is 14.0. The molecule has 3 aromatic carbocycles. The molecule has 0 aliphatic heterocycles. The van der Waals surface area contributed by atoms with Gasteiger partial charge in [-0.05, 0) is 59.7 Å². The normalized spacial score (nSPS) is 11.6. The van der Waals surface area contributed by atoms with Gasteiger partial charge >= 0.3 is 5.97 Å². The van der Waals surface area contributed by atoms with E-state index in [1.807, 2.05) is 0 Å². The highest BCUT2D eigenvalue weighted by Crippen LogP contribution is 2.34. The number of nitrogens with zero attached hydrogens (tertiary/aromatic N) is 1. The molecule has 186 valence electrons. The molecular weight excluding hydrogens is 522 g/mol. The maximum absolute atomic E-state index is 14.0. The molecule has 3 rings (SSSR count). The van der Waals surface area contributed by atoms with Crippen LogP contribution >= 0.6 is 23.2 Å². The number of carboxylic acids is 1. The average molecular weight is 543 g/mol. The Morgan fingerprint density at radius 2 is 1.80 bits per heavy atom. The fourth-order valence-corrected chi connectivity index (χ4v) is 5.13. The minimum Gasteiger partial charge on any atom is -0.481 e. The zero-order chi connectivity index (χ0) is 25.8. The van der Waals surface area contributed by atoms with Gasteiger partial charge in [-0.15, -0.1) is 0 Å². The van der Waals surface area contributed by atoms with Crippen molar-refractivity contribution < 1.29 is 32.6 Å². The standard InChI is InChI=1S/C23H21Cl2FN2O6S/c24-20-3-2-18(11-21(20)25)35(32,33)28(5-6-29)12-14-1-4-22(34-13-23(30)31)19(7-14)15-8-16(26)10-17(27)9-15/h1-4,7-11,29H,5-6,12-13,27H2,(H,30,31). The lowest BCUT2D eigenvalue weighted by atomic mass is 10.0. The number of sulfonamides is 1. The summed E-state index contributed by atoms with van der Waals surface area (Å²) in [5.41, 5.74) is 6.98. The molecule has 12 heteroatoms. The van der Waals surface area contributed by atoms with Crippen molar-refractivity contribution in [3.8, 4) is 16.9 Å². The predicted molar refractivity (Wildman–Crippen MR) is 131 cm³/mol. The fraction of sp³-hybridized carbons (Fsp3) is 0.174. The Morgan fingerprint density at radius 1 is 1.06 bits per heavy atom. The average Bonchev–Trinajstić information content (AvgIpc) is 2.78. The van der Waals surface area contributed by atoms with Crippen LogP contribution < -0.4 is 10.5 Å².